The van der Waals surface area contributed by atoms with Crippen molar-refractivity contribution in [3.8, 4) is 0 Å². The van der Waals surface area contributed by atoms with Crippen molar-refractivity contribution < 1.29 is 14.3 Å². The van der Waals surface area contributed by atoms with Crippen LogP contribution in [0, 0.1) is 0 Å². The summed E-state index contributed by atoms with van der Waals surface area (Å²) in [7, 11) is 0. The number of aryl methyl sites for hydroxylation is 1. The number of nitrogens with zero attached hydrogens (tertiary/aromatic N) is 1. The molecule has 0 saturated carbocycles. The van der Waals surface area contributed by atoms with Crippen LogP contribution in [0.4, 0.5) is 0 Å². The third-order valence-corrected chi connectivity index (χ3v) is 6.12. The number of fused-ring (bicyclic) bond motifs is 1. The Kier molecular flexibility index (Phi) is 6.48. The van der Waals surface area contributed by atoms with Crippen molar-refractivity contribution in [2.24, 2.45) is 0 Å². The number of unbranched alkanes of at least 4 members (excludes halogenated alkanes) is 1. The highest BCUT2D eigenvalue weighted by Crippen LogP contribution is 2.31. The molecule has 2 aliphatic rings. The van der Waals surface area contributed by atoms with Gasteiger partial charge in [-0.25, -0.2) is 0 Å². The van der Waals surface area contributed by atoms with Gasteiger partial charge in [-0.15, -0.1) is 11.3 Å². The van der Waals surface area contributed by atoms with Gasteiger partial charge in [0.1, 0.15) is 0 Å². The molecule has 5 nitrogen and oxygen atoms in total. The molecule has 0 spiro atoms. The van der Waals surface area contributed by atoms with E-state index in [1.807, 2.05) is 4.90 Å². The second-order valence-corrected chi connectivity index (χ2v) is 7.79. The zero-order valence-corrected chi connectivity index (χ0v) is 15.8. The van der Waals surface area contributed by atoms with Crippen LogP contribution in [0.15, 0.2) is 5.38 Å². The van der Waals surface area contributed by atoms with Gasteiger partial charge in [0.25, 0.3) is 5.91 Å². The van der Waals surface area contributed by atoms with E-state index in [2.05, 4.69) is 17.6 Å². The average molecular weight is 365 g/mol. The second kappa shape index (κ2) is 8.81. The molecule has 1 atom stereocenters. The molecule has 1 aromatic heterocycles. The van der Waals surface area contributed by atoms with Gasteiger partial charge in [0.05, 0.1) is 24.1 Å². The van der Waals surface area contributed by atoms with Crippen LogP contribution in [0.25, 0.3) is 0 Å². The lowest BCUT2D eigenvalue weighted by atomic mass is 9.93. The molecule has 0 bridgehead atoms. The molecule has 0 unspecified atom stereocenters. The Hall–Kier alpha value is -1.40. The number of ether oxygens (including phenoxy) is 1. The van der Waals surface area contributed by atoms with E-state index < -0.39 is 0 Å². The van der Waals surface area contributed by atoms with E-state index in [0.717, 1.165) is 37.0 Å². The minimum Gasteiger partial charge on any atom is -0.377 e. The molecule has 6 heteroatoms. The first kappa shape index (κ1) is 18.4. The number of hydrogen-bond donors (Lipinski definition) is 1. The summed E-state index contributed by atoms with van der Waals surface area (Å²) in [6.07, 6.45) is 6.84. The largest absolute Gasteiger partial charge is 0.377 e. The number of hydrogen-bond acceptors (Lipinski definition) is 4. The van der Waals surface area contributed by atoms with Crippen molar-refractivity contribution in [1.82, 2.24) is 10.2 Å². The van der Waals surface area contributed by atoms with Gasteiger partial charge in [0, 0.05) is 19.5 Å². The average Bonchev–Trinajstić information content (AvgIpc) is 3.06. The number of morpholine rings is 1. The molecule has 1 aliphatic carbocycles. The molecule has 1 aliphatic heterocycles. The van der Waals surface area contributed by atoms with Gasteiger partial charge in [0.2, 0.25) is 5.91 Å². The van der Waals surface area contributed by atoms with Crippen molar-refractivity contribution in [1.29, 1.82) is 0 Å². The van der Waals surface area contributed by atoms with E-state index >= 15 is 0 Å². The van der Waals surface area contributed by atoms with Crippen LogP contribution >= 0.6 is 11.3 Å². The third kappa shape index (κ3) is 4.42. The van der Waals surface area contributed by atoms with Crippen LogP contribution in [-0.4, -0.2) is 49.1 Å². The SMILES string of the molecule is CCCCNC(=O)C[C@H]1COCCN1C(=O)c1scc2c1CCCC2. The summed E-state index contributed by atoms with van der Waals surface area (Å²) in [6, 6.07) is -0.163. The Morgan fingerprint density at radius 3 is 3.04 bits per heavy atom. The monoisotopic (exact) mass is 364 g/mol. The maximum absolute atomic E-state index is 13.1. The first-order valence-electron chi connectivity index (χ1n) is 9.45. The lowest BCUT2D eigenvalue weighted by molar-refractivity contribution is -0.123. The molecule has 2 heterocycles. The van der Waals surface area contributed by atoms with Crippen LogP contribution < -0.4 is 5.32 Å². The quantitative estimate of drug-likeness (QED) is 0.790. The highest BCUT2D eigenvalue weighted by Gasteiger charge is 2.32. The predicted molar refractivity (Wildman–Crippen MR) is 99.1 cm³/mol. The molecule has 1 fully saturated rings. The number of thiophene rings is 1. The van der Waals surface area contributed by atoms with E-state index in [0.29, 0.717) is 32.7 Å². The molecule has 1 aromatic rings. The van der Waals surface area contributed by atoms with Gasteiger partial charge in [-0.3, -0.25) is 9.59 Å². The summed E-state index contributed by atoms with van der Waals surface area (Å²) in [6.45, 7) is 4.37. The van der Waals surface area contributed by atoms with Crippen LogP contribution in [0.2, 0.25) is 0 Å². The fourth-order valence-electron chi connectivity index (χ4n) is 3.61. The van der Waals surface area contributed by atoms with Gasteiger partial charge in [-0.05, 0) is 48.6 Å². The smallest absolute Gasteiger partial charge is 0.264 e. The highest BCUT2D eigenvalue weighted by molar-refractivity contribution is 7.12. The summed E-state index contributed by atoms with van der Waals surface area (Å²) in [4.78, 5) is 28.1. The minimum atomic E-state index is -0.163. The van der Waals surface area contributed by atoms with E-state index in [-0.39, 0.29) is 17.9 Å². The summed E-state index contributed by atoms with van der Waals surface area (Å²) in [5.41, 5.74) is 2.60. The van der Waals surface area contributed by atoms with Crippen LogP contribution in [0.3, 0.4) is 0 Å². The molecule has 3 rings (SSSR count). The van der Waals surface area contributed by atoms with Crippen molar-refractivity contribution in [2.45, 2.75) is 57.9 Å². The van der Waals surface area contributed by atoms with E-state index in [9.17, 15) is 9.59 Å². The Morgan fingerprint density at radius 1 is 1.36 bits per heavy atom. The van der Waals surface area contributed by atoms with E-state index in [1.54, 1.807) is 11.3 Å². The molecule has 1 N–H and O–H groups in total. The van der Waals surface area contributed by atoms with E-state index in [4.69, 9.17) is 4.74 Å². The van der Waals surface area contributed by atoms with Crippen molar-refractivity contribution in [3.63, 3.8) is 0 Å². The van der Waals surface area contributed by atoms with Crippen molar-refractivity contribution in [2.75, 3.05) is 26.3 Å². The molecule has 0 radical (unpaired) electrons. The Balaban J connectivity index is 1.67. The molecule has 1 saturated heterocycles. The van der Waals surface area contributed by atoms with Gasteiger partial charge < -0.3 is 15.0 Å². The zero-order chi connectivity index (χ0) is 17.6. The van der Waals surface area contributed by atoms with Gasteiger partial charge >= 0.3 is 0 Å². The lowest BCUT2D eigenvalue weighted by Gasteiger charge is -2.35. The van der Waals surface area contributed by atoms with Crippen LogP contribution in [0.5, 0.6) is 0 Å². The molecular weight excluding hydrogens is 336 g/mol. The van der Waals surface area contributed by atoms with Gasteiger partial charge in [-0.1, -0.05) is 13.3 Å². The first-order chi connectivity index (χ1) is 12.2. The minimum absolute atomic E-state index is 0.00922. The lowest BCUT2D eigenvalue weighted by Crippen LogP contribution is -2.50. The summed E-state index contributed by atoms with van der Waals surface area (Å²) >= 11 is 1.57. The number of carbonyl (C=O) groups is 2. The van der Waals surface area contributed by atoms with Crippen molar-refractivity contribution in [3.05, 3.63) is 21.4 Å². The molecule has 2 amide bonds. The Morgan fingerprint density at radius 2 is 2.20 bits per heavy atom. The highest BCUT2D eigenvalue weighted by atomic mass is 32.1. The van der Waals surface area contributed by atoms with Gasteiger partial charge in [-0.2, -0.15) is 0 Å². The number of carbonyl (C=O) groups excluding carboxylic acids is 2. The first-order valence-corrected chi connectivity index (χ1v) is 10.3. The number of rotatable bonds is 6. The number of amides is 2. The van der Waals surface area contributed by atoms with Crippen LogP contribution in [-0.2, 0) is 22.4 Å². The third-order valence-electron chi connectivity index (χ3n) is 5.06. The normalized spacial score (nSPS) is 20.2. The summed E-state index contributed by atoms with van der Waals surface area (Å²) in [5, 5.41) is 5.09. The molecule has 138 valence electrons. The number of nitrogens with one attached hydrogen (secondary N) is 1. The van der Waals surface area contributed by atoms with Crippen molar-refractivity contribution >= 4 is 23.2 Å². The predicted octanol–water partition coefficient (Wildman–Crippen LogP) is 2.77. The molecule has 25 heavy (non-hydrogen) atoms. The zero-order valence-electron chi connectivity index (χ0n) is 15.0. The van der Waals surface area contributed by atoms with Crippen LogP contribution in [0.1, 0.15) is 59.8 Å². The summed E-state index contributed by atoms with van der Waals surface area (Å²) < 4.78 is 5.55. The second-order valence-electron chi connectivity index (χ2n) is 6.91. The maximum atomic E-state index is 13.1. The maximum Gasteiger partial charge on any atom is 0.264 e. The van der Waals surface area contributed by atoms with E-state index in [1.165, 1.54) is 17.5 Å². The summed E-state index contributed by atoms with van der Waals surface area (Å²) in [5.74, 6) is 0.0952. The fourth-order valence-corrected chi connectivity index (χ4v) is 4.72. The topological polar surface area (TPSA) is 58.6 Å². The standard InChI is InChI=1S/C19H28N2O3S/c1-2-3-8-20-17(22)11-15-12-24-10-9-21(15)19(23)18-16-7-5-4-6-14(16)13-25-18/h13,15H,2-12H2,1H3,(H,20,22)/t15-/m0/s1. The fraction of sp³-hybridized carbons (Fsp3) is 0.684. The molecule has 0 aromatic carbocycles. The molecular formula is C19H28N2O3S. The Bertz CT molecular complexity index is 614. The Labute approximate surface area is 153 Å². The van der Waals surface area contributed by atoms with Gasteiger partial charge in [0.15, 0.2) is 0 Å².